The molecule has 0 aromatic heterocycles. The van der Waals surface area contributed by atoms with Crippen LogP contribution >= 0.6 is 11.6 Å². The summed E-state index contributed by atoms with van der Waals surface area (Å²) in [5.74, 6) is 0.183. The summed E-state index contributed by atoms with van der Waals surface area (Å²) in [6.45, 7) is 0.207. The highest BCUT2D eigenvalue weighted by Crippen LogP contribution is 2.29. The van der Waals surface area contributed by atoms with E-state index in [1.807, 2.05) is 18.2 Å². The Kier molecular flexibility index (Phi) is 4.82. The maximum Gasteiger partial charge on any atom is 0.183 e. The Hall–Kier alpha value is -1.78. The Labute approximate surface area is 122 Å². The molecule has 0 radical (unpaired) electrons. The van der Waals surface area contributed by atoms with Gasteiger partial charge in [0.05, 0.1) is 12.1 Å². The molecule has 0 heterocycles. The summed E-state index contributed by atoms with van der Waals surface area (Å²) in [7, 11) is 1.58. The predicted octanol–water partition coefficient (Wildman–Crippen LogP) is 3.57. The van der Waals surface area contributed by atoms with Crippen molar-refractivity contribution in [1.82, 2.24) is 0 Å². The first kappa shape index (κ1) is 14.6. The summed E-state index contributed by atoms with van der Waals surface area (Å²) in [6.07, 6.45) is -0.474. The molecule has 0 bridgehead atoms. The molecule has 5 heteroatoms. The quantitative estimate of drug-likeness (QED) is 0.917. The third-order valence-corrected chi connectivity index (χ3v) is 3.16. The van der Waals surface area contributed by atoms with Gasteiger partial charge in [-0.1, -0.05) is 29.8 Å². The number of ether oxygens (including phenoxy) is 2. The molecule has 20 heavy (non-hydrogen) atoms. The summed E-state index contributed by atoms with van der Waals surface area (Å²) in [6, 6.07) is 11.9. The van der Waals surface area contributed by atoms with E-state index in [2.05, 4.69) is 0 Å². The zero-order valence-corrected chi connectivity index (χ0v) is 11.7. The van der Waals surface area contributed by atoms with Crippen molar-refractivity contribution in [2.75, 3.05) is 13.7 Å². The normalized spacial score (nSPS) is 12.0. The van der Waals surface area contributed by atoms with E-state index in [0.29, 0.717) is 5.75 Å². The van der Waals surface area contributed by atoms with Gasteiger partial charge in [-0.3, -0.25) is 0 Å². The predicted molar refractivity (Wildman–Crippen MR) is 76.8 cm³/mol. The van der Waals surface area contributed by atoms with Crippen LogP contribution in [0.25, 0.3) is 0 Å². The minimum absolute atomic E-state index is 0.0175. The summed E-state index contributed by atoms with van der Waals surface area (Å²) in [4.78, 5) is 0. The summed E-state index contributed by atoms with van der Waals surface area (Å²) < 4.78 is 24.6. The zero-order valence-electron chi connectivity index (χ0n) is 11.0. The number of hydrogen-bond donors (Lipinski definition) is 1. The molecule has 3 nitrogen and oxygen atoms in total. The van der Waals surface area contributed by atoms with Crippen LogP contribution in [0.3, 0.4) is 0 Å². The van der Waals surface area contributed by atoms with Gasteiger partial charge >= 0.3 is 0 Å². The smallest absolute Gasteiger partial charge is 0.183 e. The Morgan fingerprint density at radius 2 is 2.00 bits per heavy atom. The lowest BCUT2D eigenvalue weighted by Crippen LogP contribution is -2.19. The van der Waals surface area contributed by atoms with Crippen molar-refractivity contribution in [2.24, 2.45) is 5.73 Å². The Morgan fingerprint density at radius 1 is 1.25 bits per heavy atom. The van der Waals surface area contributed by atoms with Crippen LogP contribution in [0.15, 0.2) is 42.5 Å². The minimum Gasteiger partial charge on any atom is -0.497 e. The van der Waals surface area contributed by atoms with E-state index in [4.69, 9.17) is 26.8 Å². The third-order valence-electron chi connectivity index (χ3n) is 2.87. The van der Waals surface area contributed by atoms with Gasteiger partial charge in [0.25, 0.3) is 0 Å². The first-order valence-corrected chi connectivity index (χ1v) is 6.48. The highest BCUT2D eigenvalue weighted by atomic mass is 35.5. The van der Waals surface area contributed by atoms with Crippen LogP contribution in [0.4, 0.5) is 4.39 Å². The van der Waals surface area contributed by atoms with Gasteiger partial charge in [0.2, 0.25) is 0 Å². The van der Waals surface area contributed by atoms with Crippen molar-refractivity contribution in [3.05, 3.63) is 58.9 Å². The maximum atomic E-state index is 13.8. The first-order chi connectivity index (χ1) is 9.65. The molecule has 0 amide bonds. The standard InChI is InChI=1S/C15H15ClFNO2/c1-19-11-5-2-4-10(8-11)14(9-18)20-13-7-3-6-12(16)15(13)17/h2-8,14H,9,18H2,1H3. The molecular formula is C15H15ClFNO2. The number of halogens is 2. The molecule has 0 aliphatic heterocycles. The Morgan fingerprint density at radius 3 is 2.70 bits per heavy atom. The number of methoxy groups -OCH3 is 1. The van der Waals surface area contributed by atoms with E-state index in [9.17, 15) is 4.39 Å². The van der Waals surface area contributed by atoms with E-state index in [1.54, 1.807) is 19.2 Å². The van der Waals surface area contributed by atoms with Crippen molar-refractivity contribution in [3.8, 4) is 11.5 Å². The van der Waals surface area contributed by atoms with Gasteiger partial charge in [-0.25, -0.2) is 4.39 Å². The number of benzene rings is 2. The van der Waals surface area contributed by atoms with Crippen molar-refractivity contribution < 1.29 is 13.9 Å². The van der Waals surface area contributed by atoms with E-state index in [1.165, 1.54) is 12.1 Å². The lowest BCUT2D eigenvalue weighted by molar-refractivity contribution is 0.204. The van der Waals surface area contributed by atoms with Crippen LogP contribution in [0.2, 0.25) is 5.02 Å². The highest BCUT2D eigenvalue weighted by Gasteiger charge is 2.16. The minimum atomic E-state index is -0.587. The van der Waals surface area contributed by atoms with Crippen LogP contribution in [-0.4, -0.2) is 13.7 Å². The molecule has 0 spiro atoms. The SMILES string of the molecule is COc1cccc(C(CN)Oc2cccc(Cl)c2F)c1. The molecular weight excluding hydrogens is 281 g/mol. The van der Waals surface area contributed by atoms with Crippen LogP contribution in [0.1, 0.15) is 11.7 Å². The van der Waals surface area contributed by atoms with Gasteiger partial charge in [0, 0.05) is 6.54 Å². The fourth-order valence-electron chi connectivity index (χ4n) is 1.82. The van der Waals surface area contributed by atoms with Crippen LogP contribution in [-0.2, 0) is 0 Å². The molecule has 0 saturated carbocycles. The summed E-state index contributed by atoms with van der Waals surface area (Å²) in [5.41, 5.74) is 6.52. The summed E-state index contributed by atoms with van der Waals surface area (Å²) >= 11 is 5.73. The largest absolute Gasteiger partial charge is 0.497 e. The van der Waals surface area contributed by atoms with E-state index in [0.717, 1.165) is 5.56 Å². The topological polar surface area (TPSA) is 44.5 Å². The molecule has 1 atom stereocenters. The maximum absolute atomic E-state index is 13.8. The number of nitrogens with two attached hydrogens (primary N) is 1. The second-order valence-corrected chi connectivity index (χ2v) is 4.58. The lowest BCUT2D eigenvalue weighted by Gasteiger charge is -2.19. The van der Waals surface area contributed by atoms with Gasteiger partial charge in [-0.2, -0.15) is 0 Å². The second kappa shape index (κ2) is 6.59. The van der Waals surface area contributed by atoms with Gasteiger partial charge in [-0.05, 0) is 29.8 Å². The zero-order chi connectivity index (χ0) is 14.5. The average Bonchev–Trinajstić information content (AvgIpc) is 2.49. The molecule has 2 aromatic carbocycles. The van der Waals surface area contributed by atoms with Gasteiger partial charge in [0.1, 0.15) is 11.9 Å². The summed E-state index contributed by atoms with van der Waals surface area (Å²) in [5, 5.41) is 0.0175. The van der Waals surface area contributed by atoms with E-state index in [-0.39, 0.29) is 17.3 Å². The first-order valence-electron chi connectivity index (χ1n) is 6.10. The van der Waals surface area contributed by atoms with Crippen molar-refractivity contribution >= 4 is 11.6 Å². The molecule has 0 aliphatic rings. The Bertz CT molecular complexity index is 592. The number of hydrogen-bond acceptors (Lipinski definition) is 3. The second-order valence-electron chi connectivity index (χ2n) is 4.17. The molecule has 2 aromatic rings. The van der Waals surface area contributed by atoms with Crippen LogP contribution in [0, 0.1) is 5.82 Å². The fourth-order valence-corrected chi connectivity index (χ4v) is 1.99. The van der Waals surface area contributed by atoms with Crippen molar-refractivity contribution in [2.45, 2.75) is 6.10 Å². The molecule has 106 valence electrons. The van der Waals surface area contributed by atoms with Crippen LogP contribution < -0.4 is 15.2 Å². The lowest BCUT2D eigenvalue weighted by atomic mass is 10.1. The monoisotopic (exact) mass is 295 g/mol. The molecule has 0 aliphatic carbocycles. The number of rotatable bonds is 5. The van der Waals surface area contributed by atoms with E-state index < -0.39 is 11.9 Å². The molecule has 0 fully saturated rings. The third kappa shape index (κ3) is 3.21. The van der Waals surface area contributed by atoms with Gasteiger partial charge in [-0.15, -0.1) is 0 Å². The van der Waals surface area contributed by atoms with Crippen molar-refractivity contribution in [1.29, 1.82) is 0 Å². The molecule has 2 rings (SSSR count). The van der Waals surface area contributed by atoms with Crippen LogP contribution in [0.5, 0.6) is 11.5 Å². The van der Waals surface area contributed by atoms with Gasteiger partial charge in [0.15, 0.2) is 11.6 Å². The molecule has 1 unspecified atom stereocenters. The van der Waals surface area contributed by atoms with Gasteiger partial charge < -0.3 is 15.2 Å². The Balaban J connectivity index is 2.26. The highest BCUT2D eigenvalue weighted by molar-refractivity contribution is 6.30. The van der Waals surface area contributed by atoms with Crippen molar-refractivity contribution in [3.63, 3.8) is 0 Å². The molecule has 0 saturated heterocycles. The average molecular weight is 296 g/mol. The van der Waals surface area contributed by atoms with E-state index >= 15 is 0 Å². The molecule has 2 N–H and O–H groups in total. The fraction of sp³-hybridized carbons (Fsp3) is 0.200.